The normalized spacial score (nSPS) is 9.50. The van der Waals surface area contributed by atoms with Crippen LogP contribution in [0.25, 0.3) is 0 Å². The second kappa shape index (κ2) is 3.90. The Morgan fingerprint density at radius 1 is 1.57 bits per heavy atom. The number of benzene rings is 1. The van der Waals surface area contributed by atoms with E-state index in [1.165, 1.54) is 12.1 Å². The Kier molecular flexibility index (Phi) is 2.85. The summed E-state index contributed by atoms with van der Waals surface area (Å²) in [5, 5.41) is 26.4. The average Bonchev–Trinajstić information content (AvgIpc) is 2.17. The predicted molar refractivity (Wildman–Crippen MR) is 48.8 cm³/mol. The van der Waals surface area contributed by atoms with E-state index in [2.05, 4.69) is 0 Å². The number of aliphatic hydroxyl groups is 1. The van der Waals surface area contributed by atoms with Crippen LogP contribution in [0.15, 0.2) is 12.1 Å². The molecule has 0 saturated carbocycles. The quantitative estimate of drug-likeness (QED) is 0.732. The van der Waals surface area contributed by atoms with Crippen LogP contribution in [0.2, 0.25) is 0 Å². The molecule has 4 heteroatoms. The summed E-state index contributed by atoms with van der Waals surface area (Å²) in [5.74, 6) is -1.09. The molecule has 0 aliphatic heterocycles. The highest BCUT2D eigenvalue weighted by atomic mass is 16.4. The highest BCUT2D eigenvalue weighted by Gasteiger charge is 2.11. The third kappa shape index (κ3) is 1.73. The van der Waals surface area contributed by atoms with E-state index in [9.17, 15) is 4.79 Å². The van der Waals surface area contributed by atoms with Gasteiger partial charge in [-0.1, -0.05) is 0 Å². The Labute approximate surface area is 81.0 Å². The number of carbonyl (C=O) groups is 1. The topological polar surface area (TPSA) is 81.3 Å². The first kappa shape index (κ1) is 10.2. The van der Waals surface area contributed by atoms with Crippen LogP contribution < -0.4 is 0 Å². The highest BCUT2D eigenvalue weighted by molar-refractivity contribution is 5.90. The molecule has 0 heterocycles. The molecule has 0 radical (unpaired) electrons. The van der Waals surface area contributed by atoms with Crippen molar-refractivity contribution in [3.63, 3.8) is 0 Å². The van der Waals surface area contributed by atoms with Crippen LogP contribution in [-0.4, -0.2) is 16.2 Å². The lowest BCUT2D eigenvalue weighted by Gasteiger charge is -2.06. The van der Waals surface area contributed by atoms with Gasteiger partial charge in [-0.2, -0.15) is 5.26 Å². The van der Waals surface area contributed by atoms with Gasteiger partial charge in [-0.25, -0.2) is 4.79 Å². The van der Waals surface area contributed by atoms with Crippen molar-refractivity contribution in [1.82, 2.24) is 0 Å². The molecule has 0 saturated heterocycles. The summed E-state index contributed by atoms with van der Waals surface area (Å²) < 4.78 is 0. The van der Waals surface area contributed by atoms with Gasteiger partial charge < -0.3 is 10.2 Å². The SMILES string of the molecule is Cc1c(CO)cc(C#N)cc1C(=O)O. The zero-order valence-electron chi connectivity index (χ0n) is 7.61. The molecule has 14 heavy (non-hydrogen) atoms. The van der Waals surface area contributed by atoms with E-state index in [1.807, 2.05) is 6.07 Å². The molecule has 1 aromatic rings. The van der Waals surface area contributed by atoms with E-state index in [0.29, 0.717) is 11.1 Å². The van der Waals surface area contributed by atoms with Gasteiger partial charge in [-0.15, -0.1) is 0 Å². The second-order valence-corrected chi connectivity index (χ2v) is 2.88. The number of carboxylic acids is 1. The maximum absolute atomic E-state index is 10.8. The lowest BCUT2D eigenvalue weighted by Crippen LogP contribution is -2.04. The Bertz CT molecular complexity index is 418. The van der Waals surface area contributed by atoms with Crippen LogP contribution in [0.1, 0.15) is 27.0 Å². The van der Waals surface area contributed by atoms with Gasteiger partial charge in [-0.3, -0.25) is 0 Å². The van der Waals surface area contributed by atoms with Gasteiger partial charge in [0.25, 0.3) is 0 Å². The largest absolute Gasteiger partial charge is 0.478 e. The molecule has 0 atom stereocenters. The molecule has 0 amide bonds. The van der Waals surface area contributed by atoms with E-state index in [4.69, 9.17) is 15.5 Å². The number of aromatic carboxylic acids is 1. The maximum Gasteiger partial charge on any atom is 0.336 e. The number of hydrogen-bond acceptors (Lipinski definition) is 3. The number of hydrogen-bond donors (Lipinski definition) is 2. The zero-order chi connectivity index (χ0) is 10.7. The van der Waals surface area contributed by atoms with Gasteiger partial charge in [0.1, 0.15) is 0 Å². The molecule has 4 nitrogen and oxygen atoms in total. The van der Waals surface area contributed by atoms with Gasteiger partial charge in [0.2, 0.25) is 0 Å². The van der Waals surface area contributed by atoms with E-state index in [0.717, 1.165) is 0 Å². The minimum absolute atomic E-state index is 0.0631. The Morgan fingerprint density at radius 2 is 2.21 bits per heavy atom. The summed E-state index contributed by atoms with van der Waals surface area (Å²) in [6.45, 7) is 1.35. The van der Waals surface area contributed by atoms with Crippen molar-refractivity contribution in [3.05, 3.63) is 34.4 Å². The summed E-state index contributed by atoms with van der Waals surface area (Å²) in [5.41, 5.74) is 1.28. The van der Waals surface area contributed by atoms with E-state index in [1.54, 1.807) is 6.92 Å². The average molecular weight is 191 g/mol. The molecule has 0 bridgehead atoms. The fraction of sp³-hybridized carbons (Fsp3) is 0.200. The summed E-state index contributed by atoms with van der Waals surface area (Å²) in [7, 11) is 0. The molecule has 72 valence electrons. The van der Waals surface area contributed by atoms with Gasteiger partial charge in [0, 0.05) is 0 Å². The molecule has 0 unspecified atom stereocenters. The molecule has 1 rings (SSSR count). The van der Waals surface area contributed by atoms with E-state index >= 15 is 0 Å². The minimum Gasteiger partial charge on any atom is -0.478 e. The van der Waals surface area contributed by atoms with Crippen molar-refractivity contribution in [2.24, 2.45) is 0 Å². The first-order valence-corrected chi connectivity index (χ1v) is 3.98. The van der Waals surface area contributed by atoms with Gasteiger partial charge in [0.15, 0.2) is 0 Å². The summed E-state index contributed by atoms with van der Waals surface area (Å²) in [6, 6.07) is 4.64. The number of nitriles is 1. The Hall–Kier alpha value is -1.86. The standard InChI is InChI=1S/C10H9NO3/c1-6-8(5-12)2-7(4-11)3-9(6)10(13)14/h2-3,12H,5H2,1H3,(H,13,14). The molecule has 1 aromatic carbocycles. The van der Waals surface area contributed by atoms with Crippen LogP contribution in [0.4, 0.5) is 0 Å². The van der Waals surface area contributed by atoms with Crippen molar-refractivity contribution in [3.8, 4) is 6.07 Å². The highest BCUT2D eigenvalue weighted by Crippen LogP contribution is 2.16. The van der Waals surface area contributed by atoms with Crippen molar-refractivity contribution >= 4 is 5.97 Å². The van der Waals surface area contributed by atoms with Crippen molar-refractivity contribution in [2.75, 3.05) is 0 Å². The molecule has 0 aliphatic rings. The maximum atomic E-state index is 10.8. The van der Waals surface area contributed by atoms with Crippen LogP contribution in [0.3, 0.4) is 0 Å². The van der Waals surface area contributed by atoms with E-state index in [-0.39, 0.29) is 17.7 Å². The number of carboxylic acid groups (broad SMARTS) is 1. The number of aliphatic hydroxyl groups excluding tert-OH is 1. The molecule has 0 aromatic heterocycles. The van der Waals surface area contributed by atoms with Crippen LogP contribution >= 0.6 is 0 Å². The van der Waals surface area contributed by atoms with Crippen LogP contribution in [-0.2, 0) is 6.61 Å². The number of nitrogens with zero attached hydrogens (tertiary/aromatic N) is 1. The van der Waals surface area contributed by atoms with Crippen LogP contribution in [0.5, 0.6) is 0 Å². The Balaban J connectivity index is 3.44. The summed E-state index contributed by atoms with van der Waals surface area (Å²) in [6.07, 6.45) is 0. The monoisotopic (exact) mass is 191 g/mol. The van der Waals surface area contributed by atoms with Gasteiger partial charge in [-0.05, 0) is 30.2 Å². The predicted octanol–water partition coefficient (Wildman–Crippen LogP) is 1.06. The molecular formula is C10H9NO3. The number of rotatable bonds is 2. The smallest absolute Gasteiger partial charge is 0.336 e. The first-order chi connectivity index (χ1) is 6.60. The Morgan fingerprint density at radius 3 is 2.64 bits per heavy atom. The molecule has 0 aliphatic carbocycles. The molecule has 0 fully saturated rings. The summed E-state index contributed by atoms with van der Waals surface area (Å²) >= 11 is 0. The van der Waals surface area contributed by atoms with Crippen molar-refractivity contribution in [1.29, 1.82) is 5.26 Å². The van der Waals surface area contributed by atoms with Crippen molar-refractivity contribution < 1.29 is 15.0 Å². The lowest BCUT2D eigenvalue weighted by atomic mass is 9.99. The summed E-state index contributed by atoms with van der Waals surface area (Å²) in [4.78, 5) is 10.8. The van der Waals surface area contributed by atoms with Gasteiger partial charge in [0.05, 0.1) is 23.8 Å². The van der Waals surface area contributed by atoms with E-state index < -0.39 is 5.97 Å². The minimum atomic E-state index is -1.09. The fourth-order valence-electron chi connectivity index (χ4n) is 1.23. The van der Waals surface area contributed by atoms with Crippen LogP contribution in [0, 0.1) is 18.3 Å². The zero-order valence-corrected chi connectivity index (χ0v) is 7.61. The van der Waals surface area contributed by atoms with Crippen molar-refractivity contribution in [2.45, 2.75) is 13.5 Å². The molecule has 0 spiro atoms. The first-order valence-electron chi connectivity index (χ1n) is 3.98. The third-order valence-corrected chi connectivity index (χ3v) is 2.05. The fourth-order valence-corrected chi connectivity index (χ4v) is 1.23. The molecular weight excluding hydrogens is 182 g/mol. The third-order valence-electron chi connectivity index (χ3n) is 2.05. The lowest BCUT2D eigenvalue weighted by molar-refractivity contribution is 0.0696. The van der Waals surface area contributed by atoms with Gasteiger partial charge >= 0.3 is 5.97 Å². The second-order valence-electron chi connectivity index (χ2n) is 2.88. The molecule has 2 N–H and O–H groups in total.